The van der Waals surface area contributed by atoms with Crippen molar-refractivity contribution in [1.29, 1.82) is 0 Å². The Labute approximate surface area is 128 Å². The van der Waals surface area contributed by atoms with Gasteiger partial charge in [0.2, 0.25) is 11.7 Å². The van der Waals surface area contributed by atoms with Crippen molar-refractivity contribution in [3.05, 3.63) is 72.1 Å². The predicted molar refractivity (Wildman–Crippen MR) is 79.4 cm³/mol. The molecule has 1 aliphatic carbocycles. The van der Waals surface area contributed by atoms with E-state index in [0.29, 0.717) is 30.2 Å². The molecule has 0 saturated heterocycles. The maximum Gasteiger partial charge on any atom is 0.230 e. The lowest BCUT2D eigenvalue weighted by Crippen LogP contribution is -1.97. The Morgan fingerprint density at radius 3 is 2.82 bits per heavy atom. The van der Waals surface area contributed by atoms with Gasteiger partial charge in [0.25, 0.3) is 0 Å². The van der Waals surface area contributed by atoms with Crippen LogP contribution in [0.25, 0.3) is 0 Å². The first kappa shape index (κ1) is 13.0. The summed E-state index contributed by atoms with van der Waals surface area (Å²) in [4.78, 5) is 8.60. The molecular formula is C17H15N3O2. The smallest absolute Gasteiger partial charge is 0.230 e. The zero-order valence-electron chi connectivity index (χ0n) is 11.9. The van der Waals surface area contributed by atoms with E-state index in [1.807, 2.05) is 42.6 Å². The Morgan fingerprint density at radius 2 is 2.00 bits per heavy atom. The monoisotopic (exact) mass is 293 g/mol. The fourth-order valence-electron chi connectivity index (χ4n) is 2.57. The van der Waals surface area contributed by atoms with E-state index in [1.54, 1.807) is 6.20 Å². The molecule has 5 nitrogen and oxygen atoms in total. The van der Waals surface area contributed by atoms with Crippen LogP contribution in [0.3, 0.4) is 0 Å². The van der Waals surface area contributed by atoms with Gasteiger partial charge < -0.3 is 9.26 Å². The van der Waals surface area contributed by atoms with Crippen LogP contribution < -0.4 is 4.74 Å². The number of hydrogen-bond donors (Lipinski definition) is 0. The van der Waals surface area contributed by atoms with E-state index in [1.165, 1.54) is 5.56 Å². The van der Waals surface area contributed by atoms with Crippen molar-refractivity contribution in [3.8, 4) is 5.75 Å². The van der Waals surface area contributed by atoms with Crippen molar-refractivity contribution in [2.75, 3.05) is 0 Å². The number of pyridine rings is 1. The summed E-state index contributed by atoms with van der Waals surface area (Å²) in [5.74, 6) is 2.82. The Bertz CT molecular complexity index is 743. The lowest BCUT2D eigenvalue weighted by molar-refractivity contribution is 0.285. The van der Waals surface area contributed by atoms with Gasteiger partial charge in [-0.25, -0.2) is 0 Å². The zero-order chi connectivity index (χ0) is 14.8. The van der Waals surface area contributed by atoms with Gasteiger partial charge in [0.05, 0.1) is 0 Å². The molecule has 0 bridgehead atoms. The molecule has 0 amide bonds. The highest BCUT2D eigenvalue weighted by Crippen LogP contribution is 2.53. The number of ether oxygens (including phenoxy) is 1. The SMILES string of the molecule is c1ccc(OCc2noc([C@H]3C[C@H]3c3cccnc3)n2)cc1. The first-order valence-electron chi connectivity index (χ1n) is 7.30. The van der Waals surface area contributed by atoms with Crippen molar-refractivity contribution in [1.82, 2.24) is 15.1 Å². The zero-order valence-corrected chi connectivity index (χ0v) is 11.9. The maximum atomic E-state index is 5.62. The fourth-order valence-corrected chi connectivity index (χ4v) is 2.57. The Morgan fingerprint density at radius 1 is 1.09 bits per heavy atom. The van der Waals surface area contributed by atoms with Crippen LogP contribution in [0, 0.1) is 0 Å². The molecule has 3 aromatic rings. The van der Waals surface area contributed by atoms with Crippen LogP contribution >= 0.6 is 0 Å². The van der Waals surface area contributed by atoms with E-state index in [9.17, 15) is 0 Å². The van der Waals surface area contributed by atoms with E-state index in [4.69, 9.17) is 9.26 Å². The Kier molecular flexibility index (Phi) is 3.31. The van der Waals surface area contributed by atoms with Gasteiger partial charge in [0.15, 0.2) is 6.61 Å². The Balaban J connectivity index is 1.39. The summed E-state index contributed by atoms with van der Waals surface area (Å²) < 4.78 is 11.0. The van der Waals surface area contributed by atoms with Gasteiger partial charge in [-0.15, -0.1) is 0 Å². The minimum Gasteiger partial charge on any atom is -0.485 e. The number of hydrogen-bond acceptors (Lipinski definition) is 5. The van der Waals surface area contributed by atoms with Crippen LogP contribution in [0.5, 0.6) is 5.75 Å². The van der Waals surface area contributed by atoms with Crippen molar-refractivity contribution < 1.29 is 9.26 Å². The van der Waals surface area contributed by atoms with E-state index in [2.05, 4.69) is 21.2 Å². The van der Waals surface area contributed by atoms with Gasteiger partial charge in [0.1, 0.15) is 5.75 Å². The van der Waals surface area contributed by atoms with Crippen molar-refractivity contribution >= 4 is 0 Å². The molecule has 0 N–H and O–H groups in total. The molecule has 1 aromatic carbocycles. The molecule has 0 spiro atoms. The molecule has 0 unspecified atom stereocenters. The summed E-state index contributed by atoms with van der Waals surface area (Å²) in [6.45, 7) is 0.317. The van der Waals surface area contributed by atoms with Gasteiger partial charge in [0, 0.05) is 18.3 Å². The van der Waals surface area contributed by atoms with Crippen LogP contribution in [0.1, 0.15) is 35.5 Å². The summed E-state index contributed by atoms with van der Waals surface area (Å²) >= 11 is 0. The maximum absolute atomic E-state index is 5.62. The molecule has 22 heavy (non-hydrogen) atoms. The third-order valence-electron chi connectivity index (χ3n) is 3.82. The highest BCUT2D eigenvalue weighted by atomic mass is 16.5. The second-order valence-electron chi connectivity index (χ2n) is 5.39. The van der Waals surface area contributed by atoms with Gasteiger partial charge in [-0.1, -0.05) is 29.4 Å². The van der Waals surface area contributed by atoms with Crippen LogP contribution in [0.2, 0.25) is 0 Å². The third kappa shape index (κ3) is 2.70. The molecule has 2 heterocycles. The van der Waals surface area contributed by atoms with Gasteiger partial charge in [-0.05, 0) is 36.1 Å². The number of para-hydroxylation sites is 1. The van der Waals surface area contributed by atoms with E-state index in [-0.39, 0.29) is 0 Å². The van der Waals surface area contributed by atoms with E-state index < -0.39 is 0 Å². The van der Waals surface area contributed by atoms with E-state index in [0.717, 1.165) is 12.2 Å². The summed E-state index contributed by atoms with van der Waals surface area (Å²) in [6.07, 6.45) is 4.72. The third-order valence-corrected chi connectivity index (χ3v) is 3.82. The average Bonchev–Trinajstić information content (AvgIpc) is 3.25. The first-order chi connectivity index (χ1) is 10.9. The summed E-state index contributed by atoms with van der Waals surface area (Å²) in [6, 6.07) is 13.7. The lowest BCUT2D eigenvalue weighted by Gasteiger charge is -2.01. The molecule has 110 valence electrons. The molecule has 1 fully saturated rings. The standard InChI is InChI=1S/C17H15N3O2/c1-2-6-13(7-3-1)21-11-16-19-17(22-20-16)15-9-14(15)12-5-4-8-18-10-12/h1-8,10,14-15H,9,11H2/t14-,15-/m0/s1. The topological polar surface area (TPSA) is 61.0 Å². The number of aromatic nitrogens is 3. The minimum absolute atomic E-state index is 0.308. The molecule has 4 rings (SSSR count). The molecule has 0 aliphatic heterocycles. The predicted octanol–water partition coefficient (Wildman–Crippen LogP) is 3.31. The molecule has 2 atom stereocenters. The van der Waals surface area contributed by atoms with Crippen molar-refractivity contribution in [2.45, 2.75) is 24.9 Å². The van der Waals surface area contributed by atoms with Crippen LogP contribution in [0.4, 0.5) is 0 Å². The molecular weight excluding hydrogens is 278 g/mol. The van der Waals surface area contributed by atoms with Crippen molar-refractivity contribution in [2.24, 2.45) is 0 Å². The van der Waals surface area contributed by atoms with Crippen molar-refractivity contribution in [3.63, 3.8) is 0 Å². The van der Waals surface area contributed by atoms with Gasteiger partial charge in [-0.2, -0.15) is 4.98 Å². The number of nitrogens with zero attached hydrogens (tertiary/aromatic N) is 3. The fraction of sp³-hybridized carbons (Fsp3) is 0.235. The average molecular weight is 293 g/mol. The van der Waals surface area contributed by atoms with E-state index >= 15 is 0 Å². The number of benzene rings is 1. The summed E-state index contributed by atoms with van der Waals surface area (Å²) in [5, 5.41) is 3.99. The Hall–Kier alpha value is -2.69. The first-order valence-corrected chi connectivity index (χ1v) is 7.30. The van der Waals surface area contributed by atoms with Crippen LogP contribution in [-0.2, 0) is 6.61 Å². The largest absolute Gasteiger partial charge is 0.485 e. The lowest BCUT2D eigenvalue weighted by atomic mass is 10.1. The normalized spacial score (nSPS) is 19.8. The quantitative estimate of drug-likeness (QED) is 0.722. The molecule has 5 heteroatoms. The number of rotatable bonds is 5. The highest BCUT2D eigenvalue weighted by Gasteiger charge is 2.43. The second kappa shape index (κ2) is 5.60. The molecule has 2 aromatic heterocycles. The summed E-state index contributed by atoms with van der Waals surface area (Å²) in [5.41, 5.74) is 1.23. The highest BCUT2D eigenvalue weighted by molar-refractivity contribution is 5.28. The van der Waals surface area contributed by atoms with Gasteiger partial charge in [-0.3, -0.25) is 4.98 Å². The van der Waals surface area contributed by atoms with Crippen LogP contribution in [0.15, 0.2) is 59.4 Å². The second-order valence-corrected chi connectivity index (χ2v) is 5.39. The molecule has 0 radical (unpaired) electrons. The summed E-state index contributed by atoms with van der Waals surface area (Å²) in [7, 11) is 0. The van der Waals surface area contributed by atoms with Crippen LogP contribution in [-0.4, -0.2) is 15.1 Å². The molecule has 1 aliphatic rings. The molecule has 1 saturated carbocycles. The van der Waals surface area contributed by atoms with Gasteiger partial charge >= 0.3 is 0 Å². The minimum atomic E-state index is 0.308.